The van der Waals surface area contributed by atoms with Gasteiger partial charge in [0.15, 0.2) is 0 Å². The molecule has 0 bridgehead atoms. The summed E-state index contributed by atoms with van der Waals surface area (Å²) in [7, 11) is 1.97. The van der Waals surface area contributed by atoms with E-state index in [2.05, 4.69) is 25.6 Å². The molecule has 7 heteroatoms. The van der Waals surface area contributed by atoms with Crippen molar-refractivity contribution in [2.24, 2.45) is 0 Å². The maximum Gasteiger partial charge on any atom is 0.227 e. The summed E-state index contributed by atoms with van der Waals surface area (Å²) in [5.41, 5.74) is 2.79. The van der Waals surface area contributed by atoms with Gasteiger partial charge in [0.2, 0.25) is 11.9 Å². The van der Waals surface area contributed by atoms with E-state index in [9.17, 15) is 4.79 Å². The summed E-state index contributed by atoms with van der Waals surface area (Å²) in [5, 5.41) is 6.02. The van der Waals surface area contributed by atoms with E-state index in [1.807, 2.05) is 54.4 Å². The van der Waals surface area contributed by atoms with Gasteiger partial charge < -0.3 is 15.5 Å². The van der Waals surface area contributed by atoms with Gasteiger partial charge in [0.1, 0.15) is 5.82 Å². The lowest BCUT2D eigenvalue weighted by Gasteiger charge is -2.17. The van der Waals surface area contributed by atoms with E-state index in [1.165, 1.54) is 12.5 Å². The quantitative estimate of drug-likeness (QED) is 0.671. The van der Waals surface area contributed by atoms with Crippen molar-refractivity contribution in [3.8, 4) is 0 Å². The minimum absolute atomic E-state index is 0.104. The second-order valence-corrected chi connectivity index (χ2v) is 6.16. The molecule has 1 aromatic carbocycles. The fourth-order valence-electron chi connectivity index (χ4n) is 2.57. The van der Waals surface area contributed by atoms with Crippen molar-refractivity contribution in [2.45, 2.75) is 13.3 Å². The Morgan fingerprint density at radius 2 is 1.85 bits per heavy atom. The van der Waals surface area contributed by atoms with Gasteiger partial charge in [-0.15, -0.1) is 0 Å². The molecule has 0 radical (unpaired) electrons. The molecule has 3 aromatic rings. The Bertz CT molecular complexity index is 900. The highest BCUT2D eigenvalue weighted by atomic mass is 16.1. The fourth-order valence-corrected chi connectivity index (χ4v) is 2.57. The van der Waals surface area contributed by atoms with Crippen LogP contribution in [0.2, 0.25) is 0 Å². The van der Waals surface area contributed by atoms with E-state index in [0.717, 1.165) is 24.3 Å². The Hall–Kier alpha value is -3.48. The minimum Gasteiger partial charge on any atom is -0.343 e. The lowest BCUT2D eigenvalue weighted by molar-refractivity contribution is -0.114. The van der Waals surface area contributed by atoms with Crippen LogP contribution in [-0.2, 0) is 11.2 Å². The highest BCUT2D eigenvalue weighted by Crippen LogP contribution is 2.20. The monoisotopic (exact) mass is 362 g/mol. The standard InChI is InChI=1S/C20H22N6O/c1-15(27)23-17-4-3-5-18(14-17)24-19-8-12-22-20(25-19)26(2)13-9-16-6-10-21-11-7-16/h3-8,10-12,14H,9,13H2,1-2H3,(H,23,27)(H,22,24,25). The first kappa shape index (κ1) is 18.3. The van der Waals surface area contributed by atoms with Gasteiger partial charge in [0.05, 0.1) is 0 Å². The van der Waals surface area contributed by atoms with Crippen LogP contribution in [0.1, 0.15) is 12.5 Å². The Kier molecular flexibility index (Phi) is 5.94. The zero-order chi connectivity index (χ0) is 19.1. The Morgan fingerprint density at radius 1 is 1.07 bits per heavy atom. The highest BCUT2D eigenvalue weighted by Gasteiger charge is 2.07. The van der Waals surface area contributed by atoms with Gasteiger partial charge in [0.25, 0.3) is 0 Å². The van der Waals surface area contributed by atoms with Crippen molar-refractivity contribution >= 4 is 29.0 Å². The molecule has 0 aliphatic heterocycles. The van der Waals surface area contributed by atoms with Gasteiger partial charge in [-0.2, -0.15) is 4.98 Å². The van der Waals surface area contributed by atoms with E-state index >= 15 is 0 Å². The van der Waals surface area contributed by atoms with E-state index in [4.69, 9.17) is 0 Å². The Balaban J connectivity index is 1.65. The molecule has 2 aromatic heterocycles. The van der Waals surface area contributed by atoms with Crippen LogP contribution in [0.25, 0.3) is 0 Å². The number of amides is 1. The predicted molar refractivity (Wildman–Crippen MR) is 107 cm³/mol. The summed E-state index contributed by atoms with van der Waals surface area (Å²) in [6.45, 7) is 2.28. The molecule has 0 saturated heterocycles. The molecule has 0 aliphatic rings. The molecule has 3 rings (SSSR count). The van der Waals surface area contributed by atoms with Gasteiger partial charge in [-0.1, -0.05) is 6.07 Å². The number of hydrogen-bond donors (Lipinski definition) is 2. The Labute approximate surface area is 158 Å². The molecular formula is C20H22N6O. The molecule has 2 N–H and O–H groups in total. The van der Waals surface area contributed by atoms with Gasteiger partial charge in [0, 0.05) is 50.5 Å². The number of carbonyl (C=O) groups excluding carboxylic acids is 1. The van der Waals surface area contributed by atoms with Crippen LogP contribution >= 0.6 is 0 Å². The number of hydrogen-bond acceptors (Lipinski definition) is 6. The van der Waals surface area contributed by atoms with Crippen LogP contribution in [0.15, 0.2) is 61.1 Å². The number of pyridine rings is 1. The second-order valence-electron chi connectivity index (χ2n) is 6.16. The molecular weight excluding hydrogens is 340 g/mol. The molecule has 0 fully saturated rings. The van der Waals surface area contributed by atoms with Crippen LogP contribution < -0.4 is 15.5 Å². The third-order valence-electron chi connectivity index (χ3n) is 3.92. The van der Waals surface area contributed by atoms with E-state index in [-0.39, 0.29) is 5.91 Å². The predicted octanol–water partition coefficient (Wildman–Crippen LogP) is 3.25. The van der Waals surface area contributed by atoms with Crippen LogP contribution in [-0.4, -0.2) is 34.5 Å². The molecule has 0 atom stereocenters. The molecule has 7 nitrogen and oxygen atoms in total. The summed E-state index contributed by atoms with van der Waals surface area (Å²) in [6.07, 6.45) is 6.21. The van der Waals surface area contributed by atoms with E-state index in [0.29, 0.717) is 11.8 Å². The van der Waals surface area contributed by atoms with E-state index in [1.54, 1.807) is 18.6 Å². The first-order chi connectivity index (χ1) is 13.1. The number of aromatic nitrogens is 3. The molecule has 0 aliphatic carbocycles. The largest absolute Gasteiger partial charge is 0.343 e. The number of carbonyl (C=O) groups is 1. The average Bonchev–Trinajstić information content (AvgIpc) is 2.67. The Morgan fingerprint density at radius 3 is 2.63 bits per heavy atom. The number of likely N-dealkylation sites (N-methyl/N-ethyl adjacent to an activating group) is 1. The van der Waals surface area contributed by atoms with Crippen molar-refractivity contribution in [3.63, 3.8) is 0 Å². The maximum absolute atomic E-state index is 11.2. The normalized spacial score (nSPS) is 10.3. The minimum atomic E-state index is -0.104. The van der Waals surface area contributed by atoms with Crippen molar-refractivity contribution in [1.82, 2.24) is 15.0 Å². The first-order valence-electron chi connectivity index (χ1n) is 8.68. The SMILES string of the molecule is CC(=O)Nc1cccc(Nc2ccnc(N(C)CCc3ccncc3)n2)c1. The summed E-state index contributed by atoms with van der Waals surface area (Å²) in [4.78, 5) is 26.2. The number of rotatable bonds is 7. The van der Waals surface area contributed by atoms with Gasteiger partial charge in [-0.05, 0) is 48.4 Å². The zero-order valence-electron chi connectivity index (χ0n) is 15.4. The maximum atomic E-state index is 11.2. The molecule has 0 unspecified atom stereocenters. The summed E-state index contributed by atoms with van der Waals surface area (Å²) >= 11 is 0. The van der Waals surface area contributed by atoms with Gasteiger partial charge >= 0.3 is 0 Å². The molecule has 27 heavy (non-hydrogen) atoms. The molecule has 0 saturated carbocycles. The third kappa shape index (κ3) is 5.50. The smallest absolute Gasteiger partial charge is 0.227 e. The number of nitrogens with zero attached hydrogens (tertiary/aromatic N) is 4. The van der Waals surface area contributed by atoms with Crippen molar-refractivity contribution < 1.29 is 4.79 Å². The zero-order valence-corrected chi connectivity index (χ0v) is 15.4. The van der Waals surface area contributed by atoms with Gasteiger partial charge in [-0.3, -0.25) is 9.78 Å². The summed E-state index contributed by atoms with van der Waals surface area (Å²) in [5.74, 6) is 1.23. The third-order valence-corrected chi connectivity index (χ3v) is 3.92. The lowest BCUT2D eigenvalue weighted by atomic mass is 10.2. The van der Waals surface area contributed by atoms with Crippen molar-refractivity contribution in [1.29, 1.82) is 0 Å². The fraction of sp³-hybridized carbons (Fsp3) is 0.200. The number of benzene rings is 1. The van der Waals surface area contributed by atoms with Crippen LogP contribution in [0, 0.1) is 0 Å². The average molecular weight is 362 g/mol. The summed E-state index contributed by atoms with van der Waals surface area (Å²) < 4.78 is 0. The molecule has 138 valence electrons. The molecule has 1 amide bonds. The van der Waals surface area contributed by atoms with E-state index < -0.39 is 0 Å². The highest BCUT2D eigenvalue weighted by molar-refractivity contribution is 5.89. The van der Waals surface area contributed by atoms with Crippen LogP contribution in [0.3, 0.4) is 0 Å². The number of anilines is 4. The molecule has 0 spiro atoms. The summed E-state index contributed by atoms with van der Waals surface area (Å²) in [6, 6.07) is 13.3. The second kappa shape index (κ2) is 8.75. The first-order valence-corrected chi connectivity index (χ1v) is 8.68. The van der Waals surface area contributed by atoms with Crippen molar-refractivity contribution in [3.05, 3.63) is 66.6 Å². The topological polar surface area (TPSA) is 83.0 Å². The van der Waals surface area contributed by atoms with Gasteiger partial charge in [-0.25, -0.2) is 4.98 Å². The van der Waals surface area contributed by atoms with Crippen molar-refractivity contribution in [2.75, 3.05) is 29.1 Å². The van der Waals surface area contributed by atoms with Crippen LogP contribution in [0.5, 0.6) is 0 Å². The lowest BCUT2D eigenvalue weighted by Crippen LogP contribution is -2.22. The number of nitrogens with one attached hydrogen (secondary N) is 2. The molecule has 2 heterocycles. The van der Waals surface area contributed by atoms with Crippen LogP contribution in [0.4, 0.5) is 23.1 Å².